The van der Waals surface area contributed by atoms with Crippen LogP contribution >= 0.6 is 0 Å². The lowest BCUT2D eigenvalue weighted by Gasteiger charge is -2.43. The van der Waals surface area contributed by atoms with Crippen molar-refractivity contribution in [3.63, 3.8) is 0 Å². The van der Waals surface area contributed by atoms with E-state index in [1.54, 1.807) is 6.92 Å². The third-order valence-electron chi connectivity index (χ3n) is 5.55. The SMILES string of the molecule is C[C@@H]([C@H](O)CO)[C@@H](O)CCO[Si](c1ccccc1)(c1ccccc1)C(C)(C)C. The van der Waals surface area contributed by atoms with Crippen LogP contribution in [0, 0.1) is 5.92 Å². The van der Waals surface area contributed by atoms with Crippen molar-refractivity contribution in [1.82, 2.24) is 0 Å². The Kier molecular flexibility index (Phi) is 7.98. The van der Waals surface area contributed by atoms with Gasteiger partial charge in [0, 0.05) is 12.5 Å². The van der Waals surface area contributed by atoms with Crippen LogP contribution in [0.1, 0.15) is 34.1 Å². The van der Waals surface area contributed by atoms with Crippen LogP contribution in [-0.2, 0) is 4.43 Å². The van der Waals surface area contributed by atoms with E-state index in [2.05, 4.69) is 45.0 Å². The molecule has 2 aromatic carbocycles. The van der Waals surface area contributed by atoms with Gasteiger partial charge >= 0.3 is 0 Å². The van der Waals surface area contributed by atoms with E-state index < -0.39 is 26.4 Å². The van der Waals surface area contributed by atoms with Crippen molar-refractivity contribution in [2.45, 2.75) is 51.4 Å². The molecule has 0 heterocycles. The van der Waals surface area contributed by atoms with Crippen molar-refractivity contribution in [3.8, 4) is 0 Å². The Morgan fingerprint density at radius 3 is 1.71 bits per heavy atom. The minimum Gasteiger partial charge on any atom is -0.407 e. The van der Waals surface area contributed by atoms with E-state index in [0.717, 1.165) is 0 Å². The molecule has 0 radical (unpaired) electrons. The molecule has 0 aromatic heterocycles. The quantitative estimate of drug-likeness (QED) is 0.563. The normalized spacial score (nSPS) is 15.8. The Morgan fingerprint density at radius 1 is 0.857 bits per heavy atom. The lowest BCUT2D eigenvalue weighted by atomic mass is 9.96. The predicted octanol–water partition coefficient (Wildman–Crippen LogP) is 2.30. The molecular formula is C23H34O4Si. The summed E-state index contributed by atoms with van der Waals surface area (Å²) in [5.41, 5.74) is 0. The van der Waals surface area contributed by atoms with Gasteiger partial charge in [-0.3, -0.25) is 0 Å². The standard InChI is InChI=1S/C23H34O4Si/c1-18(22(26)17-24)21(25)15-16-27-28(23(2,3)4,19-11-7-5-8-12-19)20-13-9-6-10-14-20/h5-14,18,21-22,24-26H,15-17H2,1-4H3/t18-,21+,22-/m1/s1. The van der Waals surface area contributed by atoms with Gasteiger partial charge < -0.3 is 19.7 Å². The first-order valence-electron chi connectivity index (χ1n) is 9.96. The summed E-state index contributed by atoms with van der Waals surface area (Å²) in [6, 6.07) is 20.8. The van der Waals surface area contributed by atoms with Gasteiger partial charge in [-0.2, -0.15) is 0 Å². The van der Waals surface area contributed by atoms with Crippen LogP contribution in [0.5, 0.6) is 0 Å². The first-order valence-corrected chi connectivity index (χ1v) is 11.9. The molecule has 0 bridgehead atoms. The number of aliphatic hydroxyl groups is 3. The highest BCUT2D eigenvalue weighted by atomic mass is 28.4. The molecule has 28 heavy (non-hydrogen) atoms. The van der Waals surface area contributed by atoms with Gasteiger partial charge in [-0.1, -0.05) is 88.4 Å². The Labute approximate surface area is 170 Å². The summed E-state index contributed by atoms with van der Waals surface area (Å²) >= 11 is 0. The predicted molar refractivity (Wildman–Crippen MR) is 116 cm³/mol. The van der Waals surface area contributed by atoms with Crippen LogP contribution in [-0.4, -0.2) is 49.1 Å². The van der Waals surface area contributed by atoms with Crippen LogP contribution in [0.2, 0.25) is 5.04 Å². The summed E-state index contributed by atoms with van der Waals surface area (Å²) in [5.74, 6) is -0.409. The van der Waals surface area contributed by atoms with Crippen LogP contribution in [0.4, 0.5) is 0 Å². The van der Waals surface area contributed by atoms with Gasteiger partial charge in [-0.15, -0.1) is 0 Å². The van der Waals surface area contributed by atoms with Gasteiger partial charge in [-0.25, -0.2) is 0 Å². The summed E-state index contributed by atoms with van der Waals surface area (Å²) < 4.78 is 6.74. The first-order chi connectivity index (χ1) is 13.2. The second-order valence-corrected chi connectivity index (χ2v) is 12.8. The van der Waals surface area contributed by atoms with E-state index in [-0.39, 0.29) is 11.6 Å². The van der Waals surface area contributed by atoms with Crippen LogP contribution in [0.3, 0.4) is 0 Å². The van der Waals surface area contributed by atoms with Crippen LogP contribution < -0.4 is 10.4 Å². The van der Waals surface area contributed by atoms with Gasteiger partial charge in [0.05, 0.1) is 18.8 Å². The molecule has 2 aromatic rings. The fourth-order valence-corrected chi connectivity index (χ4v) is 8.36. The number of hydrogen-bond acceptors (Lipinski definition) is 4. The number of benzene rings is 2. The van der Waals surface area contributed by atoms with E-state index in [0.29, 0.717) is 13.0 Å². The Bertz CT molecular complexity index is 660. The molecule has 4 nitrogen and oxygen atoms in total. The molecule has 0 spiro atoms. The van der Waals surface area contributed by atoms with Crippen molar-refractivity contribution in [1.29, 1.82) is 0 Å². The molecule has 0 aliphatic heterocycles. The van der Waals surface area contributed by atoms with Crippen molar-refractivity contribution in [3.05, 3.63) is 60.7 Å². The van der Waals surface area contributed by atoms with E-state index in [4.69, 9.17) is 9.53 Å². The van der Waals surface area contributed by atoms with Gasteiger partial charge in [0.2, 0.25) is 0 Å². The highest BCUT2D eigenvalue weighted by Gasteiger charge is 2.50. The third kappa shape index (κ3) is 4.91. The largest absolute Gasteiger partial charge is 0.407 e. The maximum absolute atomic E-state index is 10.4. The fourth-order valence-electron chi connectivity index (χ4n) is 3.78. The van der Waals surface area contributed by atoms with Gasteiger partial charge in [0.1, 0.15) is 0 Å². The minimum absolute atomic E-state index is 0.114. The molecule has 3 N–H and O–H groups in total. The Morgan fingerprint density at radius 2 is 1.32 bits per heavy atom. The zero-order valence-corrected chi connectivity index (χ0v) is 18.4. The summed E-state index contributed by atoms with van der Waals surface area (Å²) in [7, 11) is -2.61. The maximum Gasteiger partial charge on any atom is 0.261 e. The lowest BCUT2D eigenvalue weighted by molar-refractivity contribution is -0.0151. The molecule has 0 saturated carbocycles. The van der Waals surface area contributed by atoms with Crippen molar-refractivity contribution >= 4 is 18.7 Å². The second-order valence-electron chi connectivity index (χ2n) is 8.48. The topological polar surface area (TPSA) is 69.9 Å². The smallest absolute Gasteiger partial charge is 0.261 e. The molecule has 0 aliphatic rings. The average molecular weight is 403 g/mol. The summed E-state index contributed by atoms with van der Waals surface area (Å²) in [5, 5.41) is 31.6. The van der Waals surface area contributed by atoms with Crippen molar-refractivity contribution < 1.29 is 19.7 Å². The maximum atomic E-state index is 10.4. The average Bonchev–Trinajstić information content (AvgIpc) is 2.70. The molecule has 0 aliphatic carbocycles. The summed E-state index contributed by atoms with van der Waals surface area (Å²) in [6.07, 6.45) is -1.26. The first kappa shape index (κ1) is 22.8. The van der Waals surface area contributed by atoms with E-state index >= 15 is 0 Å². The molecule has 0 saturated heterocycles. The fraction of sp³-hybridized carbons (Fsp3) is 0.478. The lowest BCUT2D eigenvalue weighted by Crippen LogP contribution is -2.66. The van der Waals surface area contributed by atoms with Gasteiger partial charge in [-0.05, 0) is 21.8 Å². The second kappa shape index (κ2) is 9.81. The van der Waals surface area contributed by atoms with E-state index in [9.17, 15) is 10.2 Å². The summed E-state index contributed by atoms with van der Waals surface area (Å²) in [6.45, 7) is 8.43. The Hall–Kier alpha value is -1.50. The highest BCUT2D eigenvalue weighted by molar-refractivity contribution is 6.99. The summed E-state index contributed by atoms with van der Waals surface area (Å²) in [4.78, 5) is 0. The molecular weight excluding hydrogens is 368 g/mol. The monoisotopic (exact) mass is 402 g/mol. The van der Waals surface area contributed by atoms with Gasteiger partial charge in [0.25, 0.3) is 8.32 Å². The van der Waals surface area contributed by atoms with Crippen molar-refractivity contribution in [2.75, 3.05) is 13.2 Å². The van der Waals surface area contributed by atoms with E-state index in [1.807, 2.05) is 36.4 Å². The molecule has 0 fully saturated rings. The third-order valence-corrected chi connectivity index (χ3v) is 10.6. The number of hydrogen-bond donors (Lipinski definition) is 3. The zero-order valence-electron chi connectivity index (χ0n) is 17.4. The molecule has 0 amide bonds. The zero-order chi connectivity index (χ0) is 20.8. The van der Waals surface area contributed by atoms with E-state index in [1.165, 1.54) is 10.4 Å². The van der Waals surface area contributed by atoms with Gasteiger partial charge in [0.15, 0.2) is 0 Å². The van der Waals surface area contributed by atoms with Crippen molar-refractivity contribution in [2.24, 2.45) is 5.92 Å². The number of rotatable bonds is 9. The highest BCUT2D eigenvalue weighted by Crippen LogP contribution is 2.36. The Balaban J connectivity index is 2.34. The van der Waals surface area contributed by atoms with Crippen LogP contribution in [0.25, 0.3) is 0 Å². The van der Waals surface area contributed by atoms with Crippen LogP contribution in [0.15, 0.2) is 60.7 Å². The molecule has 2 rings (SSSR count). The molecule has 154 valence electrons. The molecule has 0 unspecified atom stereocenters. The molecule has 5 heteroatoms. The molecule has 3 atom stereocenters. The number of aliphatic hydroxyl groups excluding tert-OH is 3. The minimum atomic E-state index is -2.61.